The maximum Gasteiger partial charge on any atom is 0.377 e. The molecule has 0 spiro atoms. The van der Waals surface area contributed by atoms with Crippen LogP contribution >= 0.6 is 0 Å². The molecule has 23 heavy (non-hydrogen) atoms. The average molecular weight is 318 g/mol. The van der Waals surface area contributed by atoms with E-state index < -0.39 is 18.0 Å². The number of amides is 1. The fourth-order valence-corrected chi connectivity index (χ4v) is 1.82. The highest BCUT2D eigenvalue weighted by molar-refractivity contribution is 5.97. The molecule has 1 heterocycles. The molecule has 1 aromatic heterocycles. The lowest BCUT2D eigenvalue weighted by atomic mass is 10.2. The topological polar surface area (TPSA) is 90.7 Å². The van der Waals surface area contributed by atoms with E-state index >= 15 is 0 Å². The van der Waals surface area contributed by atoms with Gasteiger partial charge in [0, 0.05) is 6.07 Å². The number of esters is 1. The van der Waals surface area contributed by atoms with Gasteiger partial charge in [-0.2, -0.15) is 0 Å². The van der Waals surface area contributed by atoms with Gasteiger partial charge in [-0.25, -0.2) is 4.79 Å². The molecule has 1 aromatic carbocycles. The number of ether oxygens (including phenoxy) is 2. The summed E-state index contributed by atoms with van der Waals surface area (Å²) in [6.07, 6.45) is -0.998. The molecule has 0 aliphatic rings. The van der Waals surface area contributed by atoms with Gasteiger partial charge < -0.3 is 19.3 Å². The molecule has 122 valence electrons. The first-order valence-corrected chi connectivity index (χ1v) is 7.18. The van der Waals surface area contributed by atoms with Crippen molar-refractivity contribution in [3.05, 3.63) is 41.8 Å². The zero-order valence-electron chi connectivity index (χ0n) is 13.2. The first-order chi connectivity index (χ1) is 11.0. The van der Waals surface area contributed by atoms with Gasteiger partial charge in [-0.15, -0.1) is 0 Å². The standard InChI is InChI=1S/C16H18N2O5/c1-4-21-13-8-6-5-7-12(13)17-15(19)11(3)22-16(20)14-9-10(2)18-23-14/h5-9,11H,4H2,1-3H3,(H,17,19)/t11-/m1/s1. The fraction of sp³-hybridized carbons (Fsp3) is 0.312. The van der Waals surface area contributed by atoms with E-state index in [4.69, 9.17) is 14.0 Å². The van der Waals surface area contributed by atoms with Gasteiger partial charge in [0.1, 0.15) is 5.75 Å². The summed E-state index contributed by atoms with van der Waals surface area (Å²) in [5.41, 5.74) is 1.07. The molecule has 0 unspecified atom stereocenters. The highest BCUT2D eigenvalue weighted by Crippen LogP contribution is 2.24. The molecule has 1 N–H and O–H groups in total. The van der Waals surface area contributed by atoms with E-state index in [-0.39, 0.29) is 5.76 Å². The van der Waals surface area contributed by atoms with Crippen LogP contribution in [0.15, 0.2) is 34.9 Å². The SMILES string of the molecule is CCOc1ccccc1NC(=O)[C@@H](C)OC(=O)c1cc(C)no1. The quantitative estimate of drug-likeness (QED) is 0.823. The van der Waals surface area contributed by atoms with Gasteiger partial charge in [0.25, 0.3) is 5.91 Å². The van der Waals surface area contributed by atoms with Crippen LogP contribution in [-0.2, 0) is 9.53 Å². The van der Waals surface area contributed by atoms with Gasteiger partial charge in [0.2, 0.25) is 5.76 Å². The first kappa shape index (κ1) is 16.5. The van der Waals surface area contributed by atoms with E-state index in [0.717, 1.165) is 0 Å². The van der Waals surface area contributed by atoms with Crippen LogP contribution in [0.25, 0.3) is 0 Å². The number of aromatic nitrogens is 1. The van der Waals surface area contributed by atoms with E-state index in [0.29, 0.717) is 23.7 Å². The summed E-state index contributed by atoms with van der Waals surface area (Å²) < 4.78 is 15.3. The normalized spacial score (nSPS) is 11.6. The number of carbonyl (C=O) groups is 2. The summed E-state index contributed by atoms with van der Waals surface area (Å²) in [6, 6.07) is 8.46. The van der Waals surface area contributed by atoms with Gasteiger partial charge in [0.05, 0.1) is 18.0 Å². The maximum atomic E-state index is 12.2. The summed E-state index contributed by atoms with van der Waals surface area (Å²) in [6.45, 7) is 5.48. The monoisotopic (exact) mass is 318 g/mol. The molecule has 0 aliphatic heterocycles. The molecule has 0 fully saturated rings. The highest BCUT2D eigenvalue weighted by atomic mass is 16.6. The van der Waals surface area contributed by atoms with E-state index in [2.05, 4.69) is 10.5 Å². The third-order valence-corrected chi connectivity index (χ3v) is 2.93. The van der Waals surface area contributed by atoms with Crippen molar-refractivity contribution < 1.29 is 23.6 Å². The first-order valence-electron chi connectivity index (χ1n) is 7.18. The Morgan fingerprint density at radius 3 is 2.74 bits per heavy atom. The molecule has 7 heteroatoms. The predicted octanol–water partition coefficient (Wildman–Crippen LogP) is 2.57. The lowest BCUT2D eigenvalue weighted by Crippen LogP contribution is -2.30. The summed E-state index contributed by atoms with van der Waals surface area (Å²) in [5.74, 6) is -0.710. The van der Waals surface area contributed by atoms with Crippen molar-refractivity contribution in [1.29, 1.82) is 0 Å². The molecular weight excluding hydrogens is 300 g/mol. The zero-order valence-corrected chi connectivity index (χ0v) is 13.2. The second kappa shape index (κ2) is 7.44. The Labute approximate surface area is 133 Å². The van der Waals surface area contributed by atoms with E-state index in [9.17, 15) is 9.59 Å². The summed E-state index contributed by atoms with van der Waals surface area (Å²) in [4.78, 5) is 24.0. The van der Waals surface area contributed by atoms with Crippen LogP contribution in [0.5, 0.6) is 5.75 Å². The van der Waals surface area contributed by atoms with E-state index in [1.165, 1.54) is 13.0 Å². The number of rotatable bonds is 6. The summed E-state index contributed by atoms with van der Waals surface area (Å²) >= 11 is 0. The number of anilines is 1. The Hall–Kier alpha value is -2.83. The lowest BCUT2D eigenvalue weighted by Gasteiger charge is -2.15. The van der Waals surface area contributed by atoms with Crippen molar-refractivity contribution in [2.45, 2.75) is 26.9 Å². The van der Waals surface area contributed by atoms with Crippen molar-refractivity contribution in [3.8, 4) is 5.75 Å². The summed E-state index contributed by atoms with van der Waals surface area (Å²) in [7, 11) is 0. The van der Waals surface area contributed by atoms with Crippen LogP contribution in [0.3, 0.4) is 0 Å². The molecule has 0 aliphatic carbocycles. The average Bonchev–Trinajstić information content (AvgIpc) is 2.96. The zero-order chi connectivity index (χ0) is 16.8. The van der Waals surface area contributed by atoms with Crippen LogP contribution in [0, 0.1) is 6.92 Å². The molecule has 1 atom stereocenters. The van der Waals surface area contributed by atoms with Crippen LogP contribution in [0.2, 0.25) is 0 Å². The second-order valence-corrected chi connectivity index (χ2v) is 4.80. The number of hydrogen-bond acceptors (Lipinski definition) is 6. The van der Waals surface area contributed by atoms with Crippen molar-refractivity contribution >= 4 is 17.6 Å². The molecule has 2 aromatic rings. The van der Waals surface area contributed by atoms with Crippen LogP contribution < -0.4 is 10.1 Å². The third-order valence-electron chi connectivity index (χ3n) is 2.93. The van der Waals surface area contributed by atoms with Crippen molar-refractivity contribution in [2.24, 2.45) is 0 Å². The third kappa shape index (κ3) is 4.32. The van der Waals surface area contributed by atoms with E-state index in [1.807, 2.05) is 6.92 Å². The number of carbonyl (C=O) groups excluding carboxylic acids is 2. The van der Waals surface area contributed by atoms with Gasteiger partial charge in [-0.3, -0.25) is 4.79 Å². The Kier molecular flexibility index (Phi) is 5.35. The molecule has 0 radical (unpaired) electrons. The minimum Gasteiger partial charge on any atom is -0.492 e. The number of aryl methyl sites for hydroxylation is 1. The van der Waals surface area contributed by atoms with Crippen molar-refractivity contribution in [1.82, 2.24) is 5.16 Å². The number of nitrogens with one attached hydrogen (secondary N) is 1. The van der Waals surface area contributed by atoms with Gasteiger partial charge in [-0.1, -0.05) is 17.3 Å². The summed E-state index contributed by atoms with van der Waals surface area (Å²) in [5, 5.41) is 6.27. The smallest absolute Gasteiger partial charge is 0.377 e. The number of para-hydroxylation sites is 2. The van der Waals surface area contributed by atoms with Crippen LogP contribution in [-0.4, -0.2) is 29.7 Å². The maximum absolute atomic E-state index is 12.2. The van der Waals surface area contributed by atoms with Crippen LogP contribution in [0.4, 0.5) is 5.69 Å². The predicted molar refractivity (Wildman–Crippen MR) is 82.4 cm³/mol. The highest BCUT2D eigenvalue weighted by Gasteiger charge is 2.22. The Morgan fingerprint density at radius 1 is 1.35 bits per heavy atom. The molecule has 2 rings (SSSR count). The minimum atomic E-state index is -0.998. The largest absolute Gasteiger partial charge is 0.492 e. The van der Waals surface area contributed by atoms with Crippen molar-refractivity contribution in [3.63, 3.8) is 0 Å². The number of nitrogens with zero attached hydrogens (tertiary/aromatic N) is 1. The molecule has 1 amide bonds. The van der Waals surface area contributed by atoms with Gasteiger partial charge in [-0.05, 0) is 32.9 Å². The molecule has 0 saturated heterocycles. The Morgan fingerprint density at radius 2 is 2.09 bits per heavy atom. The number of benzene rings is 1. The Balaban J connectivity index is 1.99. The fourth-order valence-electron chi connectivity index (χ4n) is 1.82. The van der Waals surface area contributed by atoms with Gasteiger partial charge in [0.15, 0.2) is 6.10 Å². The van der Waals surface area contributed by atoms with Crippen molar-refractivity contribution in [2.75, 3.05) is 11.9 Å². The molecular formula is C16H18N2O5. The molecule has 0 bridgehead atoms. The second-order valence-electron chi connectivity index (χ2n) is 4.80. The number of hydrogen-bond donors (Lipinski definition) is 1. The van der Waals surface area contributed by atoms with Gasteiger partial charge >= 0.3 is 5.97 Å². The van der Waals surface area contributed by atoms with Crippen LogP contribution in [0.1, 0.15) is 30.1 Å². The Bertz CT molecular complexity index is 695. The van der Waals surface area contributed by atoms with E-state index in [1.54, 1.807) is 31.2 Å². The minimum absolute atomic E-state index is 0.0446. The molecule has 0 saturated carbocycles. The lowest BCUT2D eigenvalue weighted by molar-refractivity contribution is -0.123. The molecule has 7 nitrogen and oxygen atoms in total.